The molecule has 0 fully saturated rings. The van der Waals surface area contributed by atoms with Gasteiger partial charge < -0.3 is 5.73 Å². The van der Waals surface area contributed by atoms with Crippen molar-refractivity contribution in [3.05, 3.63) is 47.5 Å². The number of hydrogen-bond donors (Lipinski definition) is 2. The Morgan fingerprint density at radius 2 is 1.89 bits per heavy atom. The second kappa shape index (κ2) is 4.90. The molecule has 0 saturated heterocycles. The van der Waals surface area contributed by atoms with E-state index in [2.05, 4.69) is 60.2 Å². The minimum atomic E-state index is -0.131. The lowest BCUT2D eigenvalue weighted by Crippen LogP contribution is -2.15. The van der Waals surface area contributed by atoms with Gasteiger partial charge in [-0.25, -0.2) is 4.98 Å². The summed E-state index contributed by atoms with van der Waals surface area (Å²) in [4.78, 5) is 4.08. The SMILES string of the molecule is CC(C)(C)c1ccc(CC(N)c2ncn[nH]2)cc1. The van der Waals surface area contributed by atoms with Gasteiger partial charge in [0.25, 0.3) is 0 Å². The van der Waals surface area contributed by atoms with E-state index in [4.69, 9.17) is 5.73 Å². The van der Waals surface area contributed by atoms with Gasteiger partial charge in [0.1, 0.15) is 12.2 Å². The number of rotatable bonds is 3. The number of H-pyrrole nitrogens is 1. The molecule has 0 bridgehead atoms. The van der Waals surface area contributed by atoms with Crippen LogP contribution in [0.4, 0.5) is 0 Å². The van der Waals surface area contributed by atoms with Gasteiger partial charge in [-0.3, -0.25) is 5.10 Å². The lowest BCUT2D eigenvalue weighted by molar-refractivity contribution is 0.589. The first kappa shape index (κ1) is 12.8. The van der Waals surface area contributed by atoms with Gasteiger partial charge in [0.15, 0.2) is 0 Å². The van der Waals surface area contributed by atoms with Crippen molar-refractivity contribution in [2.75, 3.05) is 0 Å². The van der Waals surface area contributed by atoms with Gasteiger partial charge in [0.2, 0.25) is 0 Å². The largest absolute Gasteiger partial charge is 0.321 e. The zero-order valence-electron chi connectivity index (χ0n) is 11.1. The second-order valence-corrected chi connectivity index (χ2v) is 5.63. The van der Waals surface area contributed by atoms with Gasteiger partial charge >= 0.3 is 0 Å². The van der Waals surface area contributed by atoms with E-state index in [-0.39, 0.29) is 11.5 Å². The van der Waals surface area contributed by atoms with E-state index in [0.717, 1.165) is 12.2 Å². The van der Waals surface area contributed by atoms with E-state index in [1.807, 2.05) is 0 Å². The molecule has 0 aliphatic heterocycles. The quantitative estimate of drug-likeness (QED) is 0.870. The van der Waals surface area contributed by atoms with Gasteiger partial charge in [-0.2, -0.15) is 5.10 Å². The monoisotopic (exact) mass is 244 g/mol. The first-order chi connectivity index (χ1) is 8.47. The van der Waals surface area contributed by atoms with Crippen LogP contribution in [0.2, 0.25) is 0 Å². The van der Waals surface area contributed by atoms with Crippen molar-refractivity contribution in [3.63, 3.8) is 0 Å². The minimum absolute atomic E-state index is 0.131. The van der Waals surface area contributed by atoms with Gasteiger partial charge in [0.05, 0.1) is 6.04 Å². The van der Waals surface area contributed by atoms with E-state index in [0.29, 0.717) is 0 Å². The van der Waals surface area contributed by atoms with Crippen LogP contribution in [-0.2, 0) is 11.8 Å². The van der Waals surface area contributed by atoms with Crippen molar-refractivity contribution in [2.24, 2.45) is 5.73 Å². The zero-order chi connectivity index (χ0) is 13.2. The highest BCUT2D eigenvalue weighted by Gasteiger charge is 2.14. The number of aromatic nitrogens is 3. The van der Waals surface area contributed by atoms with Gasteiger partial charge in [-0.1, -0.05) is 45.0 Å². The van der Waals surface area contributed by atoms with Crippen LogP contribution >= 0.6 is 0 Å². The highest BCUT2D eigenvalue weighted by molar-refractivity contribution is 5.28. The Balaban J connectivity index is 2.07. The Hall–Kier alpha value is -1.68. The van der Waals surface area contributed by atoms with E-state index in [1.165, 1.54) is 17.5 Å². The van der Waals surface area contributed by atoms with Crippen LogP contribution in [0.5, 0.6) is 0 Å². The summed E-state index contributed by atoms with van der Waals surface area (Å²) in [5.74, 6) is 0.731. The molecule has 0 aliphatic carbocycles. The summed E-state index contributed by atoms with van der Waals surface area (Å²) >= 11 is 0. The van der Waals surface area contributed by atoms with Crippen molar-refractivity contribution in [1.82, 2.24) is 15.2 Å². The topological polar surface area (TPSA) is 67.6 Å². The molecule has 2 rings (SSSR count). The van der Waals surface area contributed by atoms with Crippen LogP contribution in [0.3, 0.4) is 0 Å². The molecule has 0 spiro atoms. The molecule has 18 heavy (non-hydrogen) atoms. The van der Waals surface area contributed by atoms with Crippen LogP contribution in [0.25, 0.3) is 0 Å². The Bertz CT molecular complexity index is 480. The summed E-state index contributed by atoms with van der Waals surface area (Å²) in [6, 6.07) is 8.48. The Labute approximate surface area is 108 Å². The molecule has 1 atom stereocenters. The average Bonchev–Trinajstić information content (AvgIpc) is 2.82. The first-order valence-corrected chi connectivity index (χ1v) is 6.17. The molecule has 0 aliphatic rings. The molecule has 1 aromatic heterocycles. The normalized spacial score (nSPS) is 13.6. The fraction of sp³-hybridized carbons (Fsp3) is 0.429. The van der Waals surface area contributed by atoms with Gasteiger partial charge in [-0.15, -0.1) is 0 Å². The Kier molecular flexibility index (Phi) is 3.48. The Morgan fingerprint density at radius 3 is 2.39 bits per heavy atom. The lowest BCUT2D eigenvalue weighted by Gasteiger charge is -2.19. The smallest absolute Gasteiger partial charge is 0.141 e. The Morgan fingerprint density at radius 1 is 1.22 bits per heavy atom. The van der Waals surface area contributed by atoms with Gasteiger partial charge in [-0.05, 0) is 23.0 Å². The van der Waals surface area contributed by atoms with Crippen molar-refractivity contribution >= 4 is 0 Å². The van der Waals surface area contributed by atoms with Crippen LogP contribution in [0, 0.1) is 0 Å². The van der Waals surface area contributed by atoms with E-state index < -0.39 is 0 Å². The maximum Gasteiger partial charge on any atom is 0.141 e. The van der Waals surface area contributed by atoms with E-state index in [9.17, 15) is 0 Å². The number of nitrogens with zero attached hydrogens (tertiary/aromatic N) is 2. The number of nitrogens with two attached hydrogens (primary N) is 1. The summed E-state index contributed by atoms with van der Waals surface area (Å²) in [6.45, 7) is 6.63. The summed E-state index contributed by atoms with van der Waals surface area (Å²) in [5.41, 5.74) is 8.80. The van der Waals surface area contributed by atoms with Crippen molar-refractivity contribution in [2.45, 2.75) is 38.6 Å². The highest BCUT2D eigenvalue weighted by Crippen LogP contribution is 2.23. The molecule has 4 nitrogen and oxygen atoms in total. The molecular formula is C14H20N4. The molecule has 2 aromatic rings. The molecule has 1 aromatic carbocycles. The predicted octanol–water partition coefficient (Wildman–Crippen LogP) is 2.34. The zero-order valence-corrected chi connectivity index (χ0v) is 11.1. The fourth-order valence-electron chi connectivity index (χ4n) is 1.89. The number of hydrogen-bond acceptors (Lipinski definition) is 3. The molecule has 1 unspecified atom stereocenters. The second-order valence-electron chi connectivity index (χ2n) is 5.63. The summed E-state index contributed by atoms with van der Waals surface area (Å²) < 4.78 is 0. The summed E-state index contributed by atoms with van der Waals surface area (Å²) in [7, 11) is 0. The van der Waals surface area contributed by atoms with Gasteiger partial charge in [0, 0.05) is 0 Å². The van der Waals surface area contributed by atoms with E-state index >= 15 is 0 Å². The first-order valence-electron chi connectivity index (χ1n) is 6.17. The number of benzene rings is 1. The van der Waals surface area contributed by atoms with Crippen molar-refractivity contribution in [1.29, 1.82) is 0 Å². The number of nitrogens with one attached hydrogen (secondary N) is 1. The predicted molar refractivity (Wildman–Crippen MR) is 72.2 cm³/mol. The third-order valence-electron chi connectivity index (χ3n) is 3.06. The maximum atomic E-state index is 6.06. The van der Waals surface area contributed by atoms with Crippen molar-refractivity contribution in [3.8, 4) is 0 Å². The summed E-state index contributed by atoms with van der Waals surface area (Å²) in [5, 5.41) is 6.62. The molecule has 0 radical (unpaired) electrons. The molecule has 4 heteroatoms. The van der Waals surface area contributed by atoms with Crippen LogP contribution < -0.4 is 5.73 Å². The summed E-state index contributed by atoms with van der Waals surface area (Å²) in [6.07, 6.45) is 2.25. The lowest BCUT2D eigenvalue weighted by atomic mass is 9.86. The molecule has 96 valence electrons. The average molecular weight is 244 g/mol. The number of aromatic amines is 1. The fourth-order valence-corrected chi connectivity index (χ4v) is 1.89. The minimum Gasteiger partial charge on any atom is -0.321 e. The molecule has 0 saturated carbocycles. The van der Waals surface area contributed by atoms with Crippen LogP contribution in [-0.4, -0.2) is 15.2 Å². The van der Waals surface area contributed by atoms with E-state index in [1.54, 1.807) is 0 Å². The third-order valence-corrected chi connectivity index (χ3v) is 3.06. The third kappa shape index (κ3) is 2.96. The molecule has 3 N–H and O–H groups in total. The maximum absolute atomic E-state index is 6.06. The molecular weight excluding hydrogens is 224 g/mol. The molecule has 0 amide bonds. The van der Waals surface area contributed by atoms with Crippen molar-refractivity contribution < 1.29 is 0 Å². The highest BCUT2D eigenvalue weighted by atomic mass is 15.2. The van der Waals surface area contributed by atoms with Crippen LogP contribution in [0.1, 0.15) is 43.8 Å². The molecule has 1 heterocycles. The standard InChI is InChI=1S/C14H20N4/c1-14(2,3)11-6-4-10(5-7-11)8-12(15)13-16-9-17-18-13/h4-7,9,12H,8,15H2,1-3H3,(H,16,17,18). The van der Waals surface area contributed by atoms with Crippen LogP contribution in [0.15, 0.2) is 30.6 Å².